The Morgan fingerprint density at radius 1 is 1.16 bits per heavy atom. The molecule has 0 aliphatic heterocycles. The topological polar surface area (TPSA) is 29.1 Å². The van der Waals surface area contributed by atoms with Crippen molar-refractivity contribution in [2.45, 2.75) is 57.4 Å². The highest BCUT2D eigenvalue weighted by atomic mass is 35.5. The van der Waals surface area contributed by atoms with Gasteiger partial charge in [-0.25, -0.2) is 0 Å². The minimum absolute atomic E-state index is 0.0214. The number of halogens is 1. The zero-order valence-electron chi connectivity index (χ0n) is 11.7. The third-order valence-corrected chi connectivity index (χ3v) is 4.48. The first-order valence-corrected chi connectivity index (χ1v) is 7.54. The lowest BCUT2D eigenvalue weighted by molar-refractivity contribution is 0.0933. The molecule has 2 atom stereocenters. The van der Waals surface area contributed by atoms with Crippen LogP contribution in [0, 0.1) is 13.8 Å². The van der Waals surface area contributed by atoms with Crippen LogP contribution in [0.15, 0.2) is 18.2 Å². The van der Waals surface area contributed by atoms with Crippen LogP contribution in [0.2, 0.25) is 0 Å². The Balaban J connectivity index is 2.12. The molecule has 2 rings (SSSR count). The Kier molecular flexibility index (Phi) is 4.87. The summed E-state index contributed by atoms with van der Waals surface area (Å²) < 4.78 is 0. The molecule has 0 bridgehead atoms. The number of hydrogen-bond acceptors (Lipinski definition) is 1. The quantitative estimate of drug-likeness (QED) is 0.644. The highest BCUT2D eigenvalue weighted by molar-refractivity contribution is 6.21. The predicted molar refractivity (Wildman–Crippen MR) is 79.9 cm³/mol. The molecule has 1 aliphatic rings. The van der Waals surface area contributed by atoms with Crippen molar-refractivity contribution in [3.63, 3.8) is 0 Å². The summed E-state index contributed by atoms with van der Waals surface area (Å²) in [7, 11) is 0. The Bertz CT molecular complexity index is 438. The molecule has 1 aromatic carbocycles. The SMILES string of the molecule is Cc1cccc(C)c1C(=O)NC1CCCCCC1Cl. The Labute approximate surface area is 120 Å². The number of carbonyl (C=O) groups is 1. The molecule has 1 saturated carbocycles. The normalized spacial score (nSPS) is 23.7. The zero-order chi connectivity index (χ0) is 13.8. The Morgan fingerprint density at radius 3 is 2.47 bits per heavy atom. The van der Waals surface area contributed by atoms with Gasteiger partial charge in [-0.2, -0.15) is 0 Å². The number of aryl methyl sites for hydroxylation is 2. The minimum Gasteiger partial charge on any atom is -0.348 e. The molecule has 0 heterocycles. The van der Waals surface area contributed by atoms with E-state index in [4.69, 9.17) is 11.6 Å². The van der Waals surface area contributed by atoms with Crippen molar-refractivity contribution in [2.24, 2.45) is 0 Å². The van der Waals surface area contributed by atoms with E-state index in [1.54, 1.807) is 0 Å². The summed E-state index contributed by atoms with van der Waals surface area (Å²) in [6.07, 6.45) is 5.54. The van der Waals surface area contributed by atoms with E-state index in [9.17, 15) is 4.79 Å². The summed E-state index contributed by atoms with van der Waals surface area (Å²) >= 11 is 6.38. The first kappa shape index (κ1) is 14.4. The van der Waals surface area contributed by atoms with Crippen LogP contribution in [0.4, 0.5) is 0 Å². The van der Waals surface area contributed by atoms with Gasteiger partial charge in [-0.3, -0.25) is 4.79 Å². The minimum atomic E-state index is 0.0214. The van der Waals surface area contributed by atoms with Gasteiger partial charge in [0.25, 0.3) is 5.91 Å². The van der Waals surface area contributed by atoms with E-state index in [2.05, 4.69) is 5.32 Å². The van der Waals surface area contributed by atoms with Gasteiger partial charge in [0.1, 0.15) is 0 Å². The van der Waals surface area contributed by atoms with E-state index < -0.39 is 0 Å². The molecule has 0 saturated heterocycles. The van der Waals surface area contributed by atoms with Crippen LogP contribution in [0.3, 0.4) is 0 Å². The van der Waals surface area contributed by atoms with Crippen molar-refractivity contribution in [2.75, 3.05) is 0 Å². The van der Waals surface area contributed by atoms with Crippen LogP contribution < -0.4 is 5.32 Å². The largest absolute Gasteiger partial charge is 0.348 e. The molecule has 1 N–H and O–H groups in total. The van der Waals surface area contributed by atoms with E-state index in [0.717, 1.165) is 36.0 Å². The summed E-state index contributed by atoms with van der Waals surface area (Å²) in [6.45, 7) is 3.96. The van der Waals surface area contributed by atoms with Crippen molar-refractivity contribution in [3.8, 4) is 0 Å². The number of carbonyl (C=O) groups excluding carboxylic acids is 1. The molecular formula is C16H22ClNO. The third kappa shape index (κ3) is 3.50. The van der Waals surface area contributed by atoms with Crippen LogP contribution in [-0.4, -0.2) is 17.3 Å². The van der Waals surface area contributed by atoms with Crippen LogP contribution in [0.25, 0.3) is 0 Å². The number of benzene rings is 1. The average Bonchev–Trinajstić information content (AvgIpc) is 2.55. The zero-order valence-corrected chi connectivity index (χ0v) is 12.5. The second-order valence-corrected chi connectivity index (χ2v) is 6.06. The monoisotopic (exact) mass is 279 g/mol. The maximum atomic E-state index is 12.4. The van der Waals surface area contributed by atoms with Gasteiger partial charge in [0.05, 0.1) is 5.38 Å². The molecule has 1 aliphatic carbocycles. The van der Waals surface area contributed by atoms with Gasteiger partial charge in [0, 0.05) is 11.6 Å². The lowest BCUT2D eigenvalue weighted by atomic mass is 10.0. The fraction of sp³-hybridized carbons (Fsp3) is 0.562. The molecule has 2 nitrogen and oxygen atoms in total. The first-order valence-electron chi connectivity index (χ1n) is 7.10. The van der Waals surface area contributed by atoms with Crippen molar-refractivity contribution in [3.05, 3.63) is 34.9 Å². The third-order valence-electron chi connectivity index (χ3n) is 3.96. The van der Waals surface area contributed by atoms with Crippen LogP contribution >= 0.6 is 11.6 Å². The molecule has 104 valence electrons. The maximum absolute atomic E-state index is 12.4. The molecule has 0 aromatic heterocycles. The summed E-state index contributed by atoms with van der Waals surface area (Å²) in [5, 5.41) is 3.20. The maximum Gasteiger partial charge on any atom is 0.252 e. The van der Waals surface area contributed by atoms with Crippen LogP contribution in [0.1, 0.15) is 53.6 Å². The molecule has 1 amide bonds. The number of hydrogen-bond donors (Lipinski definition) is 1. The molecule has 1 aromatic rings. The fourth-order valence-corrected chi connectivity index (χ4v) is 3.18. The molecule has 3 heteroatoms. The molecule has 0 radical (unpaired) electrons. The van der Waals surface area contributed by atoms with Crippen molar-refractivity contribution >= 4 is 17.5 Å². The molecule has 0 spiro atoms. The van der Waals surface area contributed by atoms with Gasteiger partial charge in [-0.05, 0) is 37.8 Å². The van der Waals surface area contributed by atoms with Gasteiger partial charge < -0.3 is 5.32 Å². The number of rotatable bonds is 2. The number of nitrogens with one attached hydrogen (secondary N) is 1. The van der Waals surface area contributed by atoms with Gasteiger partial charge >= 0.3 is 0 Å². The van der Waals surface area contributed by atoms with Gasteiger partial charge in [0.2, 0.25) is 0 Å². The molecule has 1 fully saturated rings. The van der Waals surface area contributed by atoms with E-state index in [0.29, 0.717) is 0 Å². The Hall–Kier alpha value is -1.02. The number of alkyl halides is 1. The highest BCUT2D eigenvalue weighted by Gasteiger charge is 2.24. The smallest absolute Gasteiger partial charge is 0.252 e. The van der Waals surface area contributed by atoms with Crippen LogP contribution in [0.5, 0.6) is 0 Å². The fourth-order valence-electron chi connectivity index (χ4n) is 2.84. The van der Waals surface area contributed by atoms with Crippen molar-refractivity contribution < 1.29 is 4.79 Å². The average molecular weight is 280 g/mol. The van der Waals surface area contributed by atoms with Gasteiger partial charge in [-0.1, -0.05) is 37.5 Å². The molecular weight excluding hydrogens is 258 g/mol. The van der Waals surface area contributed by atoms with E-state index in [1.807, 2.05) is 32.0 Å². The summed E-state index contributed by atoms with van der Waals surface area (Å²) in [5.74, 6) is 0.0214. The molecule has 2 unspecified atom stereocenters. The highest BCUT2D eigenvalue weighted by Crippen LogP contribution is 2.23. The lowest BCUT2D eigenvalue weighted by Crippen LogP contribution is -2.41. The summed E-state index contributed by atoms with van der Waals surface area (Å²) in [4.78, 5) is 12.4. The van der Waals surface area contributed by atoms with Gasteiger partial charge in [-0.15, -0.1) is 11.6 Å². The number of amides is 1. The summed E-state index contributed by atoms with van der Waals surface area (Å²) in [6, 6.07) is 6.05. The molecule has 19 heavy (non-hydrogen) atoms. The summed E-state index contributed by atoms with van der Waals surface area (Å²) in [5.41, 5.74) is 2.85. The van der Waals surface area contributed by atoms with E-state index >= 15 is 0 Å². The van der Waals surface area contributed by atoms with E-state index in [1.165, 1.54) is 12.8 Å². The second-order valence-electron chi connectivity index (χ2n) is 5.50. The standard InChI is InChI=1S/C16H22ClNO/c1-11-7-6-8-12(2)15(11)16(19)18-14-10-5-3-4-9-13(14)17/h6-8,13-14H,3-5,9-10H2,1-2H3,(H,18,19). The van der Waals surface area contributed by atoms with Gasteiger partial charge in [0.15, 0.2) is 0 Å². The van der Waals surface area contributed by atoms with E-state index in [-0.39, 0.29) is 17.3 Å². The van der Waals surface area contributed by atoms with Crippen molar-refractivity contribution in [1.82, 2.24) is 5.32 Å². The van der Waals surface area contributed by atoms with Crippen LogP contribution in [-0.2, 0) is 0 Å². The lowest BCUT2D eigenvalue weighted by Gasteiger charge is -2.22. The second kappa shape index (κ2) is 6.42. The first-order chi connectivity index (χ1) is 9.09. The predicted octanol–water partition coefficient (Wildman–Crippen LogP) is 3.97. The Morgan fingerprint density at radius 2 is 1.79 bits per heavy atom. The van der Waals surface area contributed by atoms with Crippen molar-refractivity contribution in [1.29, 1.82) is 0 Å².